The van der Waals surface area contributed by atoms with Crippen LogP contribution in [0, 0.1) is 0 Å². The summed E-state index contributed by atoms with van der Waals surface area (Å²) >= 11 is 3.41. The van der Waals surface area contributed by atoms with Crippen molar-refractivity contribution in [3.63, 3.8) is 0 Å². The molecule has 0 aliphatic rings. The van der Waals surface area contributed by atoms with Gasteiger partial charge in [-0.1, -0.05) is 0 Å². The van der Waals surface area contributed by atoms with Gasteiger partial charge in [-0.3, -0.25) is 4.68 Å². The summed E-state index contributed by atoms with van der Waals surface area (Å²) in [7, 11) is 1.61. The molecular weight excluding hydrogens is 308 g/mol. The first-order chi connectivity index (χ1) is 9.17. The van der Waals surface area contributed by atoms with Gasteiger partial charge in [0.1, 0.15) is 5.82 Å². The standard InChI is InChI=1S/C13H15BrN4O/c1-3-18-12(4-5-17-18)11(8-19-2)10-6-9(14)7-16-13(10)15/h4-8H,3H2,1-2H3,(H2,15,16)/b11-8+. The number of nitrogen functional groups attached to an aromatic ring is 1. The van der Waals surface area contributed by atoms with Crippen molar-refractivity contribution in [2.75, 3.05) is 12.8 Å². The Morgan fingerprint density at radius 2 is 2.37 bits per heavy atom. The first-order valence-corrected chi connectivity index (χ1v) is 6.63. The maximum atomic E-state index is 5.96. The van der Waals surface area contributed by atoms with E-state index in [2.05, 4.69) is 26.0 Å². The Morgan fingerprint density at radius 1 is 1.58 bits per heavy atom. The van der Waals surface area contributed by atoms with Crippen LogP contribution in [0.3, 0.4) is 0 Å². The topological polar surface area (TPSA) is 66.0 Å². The van der Waals surface area contributed by atoms with E-state index in [1.165, 1.54) is 0 Å². The first kappa shape index (κ1) is 13.6. The minimum Gasteiger partial charge on any atom is -0.504 e. The molecule has 0 aliphatic heterocycles. The van der Waals surface area contributed by atoms with Crippen LogP contribution in [0.5, 0.6) is 0 Å². The van der Waals surface area contributed by atoms with Crippen LogP contribution >= 0.6 is 15.9 Å². The molecule has 0 atom stereocenters. The Hall–Kier alpha value is -1.82. The first-order valence-electron chi connectivity index (χ1n) is 5.84. The van der Waals surface area contributed by atoms with Crippen LogP contribution in [0.15, 0.2) is 35.3 Å². The summed E-state index contributed by atoms with van der Waals surface area (Å²) < 4.78 is 7.92. The molecule has 0 unspecified atom stereocenters. The summed E-state index contributed by atoms with van der Waals surface area (Å²) in [4.78, 5) is 4.15. The predicted molar refractivity (Wildman–Crippen MR) is 78.3 cm³/mol. The Bertz CT molecular complexity index is 606. The summed E-state index contributed by atoms with van der Waals surface area (Å²) in [5.41, 5.74) is 8.57. The molecule has 0 saturated carbocycles. The van der Waals surface area contributed by atoms with E-state index >= 15 is 0 Å². The second-order valence-electron chi connectivity index (χ2n) is 3.89. The molecule has 2 rings (SSSR count). The number of rotatable bonds is 4. The van der Waals surface area contributed by atoms with Gasteiger partial charge in [0.2, 0.25) is 0 Å². The van der Waals surface area contributed by atoms with Crippen LogP contribution in [0.1, 0.15) is 18.2 Å². The maximum absolute atomic E-state index is 5.96. The fourth-order valence-electron chi connectivity index (χ4n) is 1.86. The van der Waals surface area contributed by atoms with E-state index in [0.717, 1.165) is 27.8 Å². The van der Waals surface area contributed by atoms with Gasteiger partial charge in [0, 0.05) is 34.5 Å². The van der Waals surface area contributed by atoms with E-state index in [0.29, 0.717) is 5.82 Å². The number of halogens is 1. The van der Waals surface area contributed by atoms with Crippen LogP contribution < -0.4 is 5.73 Å². The number of ether oxygens (including phenoxy) is 1. The van der Waals surface area contributed by atoms with Gasteiger partial charge in [-0.25, -0.2) is 4.98 Å². The monoisotopic (exact) mass is 322 g/mol. The van der Waals surface area contributed by atoms with Crippen molar-refractivity contribution in [1.29, 1.82) is 0 Å². The number of anilines is 1. The maximum Gasteiger partial charge on any atom is 0.131 e. The molecule has 2 aromatic rings. The van der Waals surface area contributed by atoms with Crippen molar-refractivity contribution >= 4 is 27.3 Å². The average Bonchev–Trinajstić information content (AvgIpc) is 2.87. The Kier molecular flexibility index (Phi) is 4.21. The second-order valence-corrected chi connectivity index (χ2v) is 4.80. The summed E-state index contributed by atoms with van der Waals surface area (Å²) in [6.45, 7) is 2.80. The minimum absolute atomic E-state index is 0.454. The zero-order valence-electron chi connectivity index (χ0n) is 10.8. The Labute approximate surface area is 120 Å². The molecule has 0 fully saturated rings. The molecule has 0 radical (unpaired) electrons. The van der Waals surface area contributed by atoms with Gasteiger partial charge in [-0.2, -0.15) is 5.10 Å². The highest BCUT2D eigenvalue weighted by atomic mass is 79.9. The number of nitrogens with zero attached hydrogens (tertiary/aromatic N) is 3. The zero-order valence-corrected chi connectivity index (χ0v) is 12.4. The van der Waals surface area contributed by atoms with Crippen molar-refractivity contribution in [1.82, 2.24) is 14.8 Å². The third-order valence-electron chi connectivity index (χ3n) is 2.70. The molecule has 0 saturated heterocycles. The highest BCUT2D eigenvalue weighted by molar-refractivity contribution is 9.10. The van der Waals surface area contributed by atoms with Crippen LogP contribution in [0.2, 0.25) is 0 Å². The Balaban J connectivity index is 2.59. The lowest BCUT2D eigenvalue weighted by Crippen LogP contribution is -2.05. The lowest BCUT2D eigenvalue weighted by Gasteiger charge is -2.11. The minimum atomic E-state index is 0.454. The average molecular weight is 323 g/mol. The largest absolute Gasteiger partial charge is 0.504 e. The number of nitrogens with two attached hydrogens (primary N) is 1. The van der Waals surface area contributed by atoms with Gasteiger partial charge in [-0.05, 0) is 35.0 Å². The van der Waals surface area contributed by atoms with Crippen molar-refractivity contribution in [3.05, 3.63) is 46.5 Å². The van der Waals surface area contributed by atoms with Crippen molar-refractivity contribution in [2.45, 2.75) is 13.5 Å². The van der Waals surface area contributed by atoms with Gasteiger partial charge in [0.15, 0.2) is 0 Å². The second kappa shape index (κ2) is 5.88. The van der Waals surface area contributed by atoms with Crippen molar-refractivity contribution in [2.24, 2.45) is 0 Å². The molecule has 19 heavy (non-hydrogen) atoms. The summed E-state index contributed by atoms with van der Waals surface area (Å²) in [6, 6.07) is 3.84. The molecule has 0 amide bonds. The fourth-order valence-corrected chi connectivity index (χ4v) is 2.19. The molecular formula is C13H15BrN4O. The summed E-state index contributed by atoms with van der Waals surface area (Å²) in [5.74, 6) is 0.454. The summed E-state index contributed by atoms with van der Waals surface area (Å²) in [5, 5.41) is 4.26. The molecule has 0 bridgehead atoms. The number of methoxy groups -OCH3 is 1. The molecule has 2 aromatic heterocycles. The third-order valence-corrected chi connectivity index (χ3v) is 3.14. The van der Waals surface area contributed by atoms with E-state index in [-0.39, 0.29) is 0 Å². The quantitative estimate of drug-likeness (QED) is 0.879. The number of hydrogen-bond acceptors (Lipinski definition) is 4. The smallest absolute Gasteiger partial charge is 0.131 e. The van der Waals surface area contributed by atoms with Gasteiger partial charge in [-0.15, -0.1) is 0 Å². The SMILES string of the molecule is CCn1nccc1/C(=C/OC)c1cc(Br)cnc1N. The lowest BCUT2D eigenvalue weighted by atomic mass is 10.1. The lowest BCUT2D eigenvalue weighted by molar-refractivity contribution is 0.339. The molecule has 2 N–H and O–H groups in total. The van der Waals surface area contributed by atoms with E-state index in [1.807, 2.05) is 23.7 Å². The van der Waals surface area contributed by atoms with Crippen LogP contribution in [-0.4, -0.2) is 21.9 Å². The van der Waals surface area contributed by atoms with Crippen molar-refractivity contribution < 1.29 is 4.74 Å². The predicted octanol–water partition coefficient (Wildman–Crippen LogP) is 2.68. The van der Waals surface area contributed by atoms with Gasteiger partial charge >= 0.3 is 0 Å². The molecule has 2 heterocycles. The number of aryl methyl sites for hydroxylation is 1. The highest BCUT2D eigenvalue weighted by Gasteiger charge is 2.14. The number of aromatic nitrogens is 3. The van der Waals surface area contributed by atoms with Crippen molar-refractivity contribution in [3.8, 4) is 0 Å². The van der Waals surface area contributed by atoms with Gasteiger partial charge < -0.3 is 10.5 Å². The molecule has 0 spiro atoms. The van der Waals surface area contributed by atoms with E-state index < -0.39 is 0 Å². The van der Waals surface area contributed by atoms with Crippen LogP contribution in [0.4, 0.5) is 5.82 Å². The molecule has 6 heteroatoms. The summed E-state index contributed by atoms with van der Waals surface area (Å²) in [6.07, 6.45) is 5.08. The van der Waals surface area contributed by atoms with Gasteiger partial charge in [0.25, 0.3) is 0 Å². The van der Waals surface area contributed by atoms with E-state index in [4.69, 9.17) is 10.5 Å². The number of hydrogen-bond donors (Lipinski definition) is 1. The highest BCUT2D eigenvalue weighted by Crippen LogP contribution is 2.28. The van der Waals surface area contributed by atoms with Crippen LogP contribution in [-0.2, 0) is 11.3 Å². The fraction of sp³-hybridized carbons (Fsp3) is 0.231. The van der Waals surface area contributed by atoms with E-state index in [9.17, 15) is 0 Å². The molecule has 0 aliphatic carbocycles. The van der Waals surface area contributed by atoms with Crippen LogP contribution in [0.25, 0.3) is 5.57 Å². The molecule has 0 aromatic carbocycles. The molecule has 100 valence electrons. The van der Waals surface area contributed by atoms with Gasteiger partial charge in [0.05, 0.1) is 19.1 Å². The number of pyridine rings is 1. The Morgan fingerprint density at radius 3 is 3.05 bits per heavy atom. The normalized spacial score (nSPS) is 11.6. The third kappa shape index (κ3) is 2.78. The zero-order chi connectivity index (χ0) is 13.8. The van der Waals surface area contributed by atoms with E-state index in [1.54, 1.807) is 25.8 Å². The molecule has 5 nitrogen and oxygen atoms in total.